The first-order chi connectivity index (χ1) is 6.81. The highest BCUT2D eigenvalue weighted by Gasteiger charge is 2.00. The molecule has 72 valence electrons. The van der Waals surface area contributed by atoms with E-state index in [1.807, 2.05) is 25.1 Å². The Bertz CT molecular complexity index is 504. The van der Waals surface area contributed by atoms with E-state index in [2.05, 4.69) is 15.3 Å². The summed E-state index contributed by atoms with van der Waals surface area (Å²) >= 11 is 0. The topological polar surface area (TPSA) is 57.8 Å². The minimum atomic E-state index is -0.175. The predicted molar refractivity (Wildman–Crippen MR) is 56.5 cm³/mol. The van der Waals surface area contributed by atoms with Crippen LogP contribution in [0.3, 0.4) is 0 Å². The minimum absolute atomic E-state index is 0.175. The van der Waals surface area contributed by atoms with E-state index >= 15 is 0 Å². The Kier molecular flexibility index (Phi) is 2.18. The van der Waals surface area contributed by atoms with Crippen LogP contribution in [-0.2, 0) is 0 Å². The zero-order valence-corrected chi connectivity index (χ0v) is 7.87. The second-order valence-electron chi connectivity index (χ2n) is 2.98. The molecule has 0 aliphatic carbocycles. The lowest BCUT2D eigenvalue weighted by atomic mass is 10.2. The van der Waals surface area contributed by atoms with Gasteiger partial charge in [0.25, 0.3) is 5.56 Å². The fraction of sp³-hybridized carbons (Fsp3) is 0.200. The fourth-order valence-corrected chi connectivity index (χ4v) is 1.40. The van der Waals surface area contributed by atoms with Crippen LogP contribution in [0.15, 0.2) is 29.2 Å². The molecule has 0 radical (unpaired) electrons. The lowest BCUT2D eigenvalue weighted by Crippen LogP contribution is -2.06. The molecule has 1 aromatic heterocycles. The molecular formula is C10H11N3O. The second kappa shape index (κ2) is 3.49. The number of H-pyrrole nitrogens is 1. The molecule has 0 saturated heterocycles. The number of nitrogens with one attached hydrogen (secondary N) is 2. The Balaban J connectivity index is 2.68. The van der Waals surface area contributed by atoms with Crippen LogP contribution >= 0.6 is 0 Å². The molecule has 2 N–H and O–H groups in total. The van der Waals surface area contributed by atoms with Crippen molar-refractivity contribution in [1.29, 1.82) is 0 Å². The van der Waals surface area contributed by atoms with Crippen molar-refractivity contribution < 1.29 is 0 Å². The molecule has 0 aliphatic heterocycles. The molecule has 0 unspecified atom stereocenters. The van der Waals surface area contributed by atoms with E-state index in [0.717, 1.165) is 23.3 Å². The summed E-state index contributed by atoms with van der Waals surface area (Å²) in [6.07, 6.45) is 1.29. The van der Waals surface area contributed by atoms with E-state index < -0.39 is 0 Å². The third-order valence-corrected chi connectivity index (χ3v) is 1.97. The Morgan fingerprint density at radius 3 is 3.14 bits per heavy atom. The van der Waals surface area contributed by atoms with Gasteiger partial charge in [0.2, 0.25) is 0 Å². The number of anilines is 1. The van der Waals surface area contributed by atoms with Gasteiger partial charge >= 0.3 is 0 Å². The molecule has 0 amide bonds. The minimum Gasteiger partial charge on any atom is -0.384 e. The Morgan fingerprint density at radius 1 is 1.50 bits per heavy atom. The van der Waals surface area contributed by atoms with Crippen molar-refractivity contribution in [3.8, 4) is 0 Å². The van der Waals surface area contributed by atoms with Crippen molar-refractivity contribution in [2.45, 2.75) is 6.92 Å². The first-order valence-electron chi connectivity index (χ1n) is 4.53. The van der Waals surface area contributed by atoms with Crippen LogP contribution in [0.1, 0.15) is 6.92 Å². The number of para-hydroxylation sites is 1. The van der Waals surface area contributed by atoms with Gasteiger partial charge in [-0.05, 0) is 19.1 Å². The van der Waals surface area contributed by atoms with E-state index in [9.17, 15) is 4.79 Å². The largest absolute Gasteiger partial charge is 0.384 e. The van der Waals surface area contributed by atoms with Crippen molar-refractivity contribution in [2.75, 3.05) is 11.9 Å². The monoisotopic (exact) mass is 189 g/mol. The fourth-order valence-electron chi connectivity index (χ4n) is 1.40. The molecule has 1 aromatic carbocycles. The Hall–Kier alpha value is -1.84. The SMILES string of the molecule is CCNc1cccc2[nH]c(=O)cnc12. The first-order valence-corrected chi connectivity index (χ1v) is 4.53. The summed E-state index contributed by atoms with van der Waals surface area (Å²) in [5.41, 5.74) is 2.33. The van der Waals surface area contributed by atoms with Crippen LogP contribution in [-0.4, -0.2) is 16.5 Å². The summed E-state index contributed by atoms with van der Waals surface area (Å²) in [4.78, 5) is 17.8. The van der Waals surface area contributed by atoms with E-state index in [1.54, 1.807) is 0 Å². The number of nitrogens with zero attached hydrogens (tertiary/aromatic N) is 1. The normalized spacial score (nSPS) is 10.4. The maximum absolute atomic E-state index is 11.0. The molecule has 2 rings (SSSR count). The Morgan fingerprint density at radius 2 is 2.36 bits per heavy atom. The molecule has 0 fully saturated rings. The Labute approximate surface area is 81.0 Å². The smallest absolute Gasteiger partial charge is 0.266 e. The number of aromatic amines is 1. The van der Waals surface area contributed by atoms with Gasteiger partial charge in [0.1, 0.15) is 5.52 Å². The van der Waals surface area contributed by atoms with Gasteiger partial charge in [-0.25, -0.2) is 4.98 Å². The lowest BCUT2D eigenvalue weighted by molar-refractivity contribution is 1.19. The average molecular weight is 189 g/mol. The zero-order valence-electron chi connectivity index (χ0n) is 7.87. The third kappa shape index (κ3) is 1.46. The lowest BCUT2D eigenvalue weighted by Gasteiger charge is -2.05. The summed E-state index contributed by atoms with van der Waals surface area (Å²) in [6, 6.07) is 5.67. The molecule has 0 saturated carbocycles. The van der Waals surface area contributed by atoms with Gasteiger partial charge in [0, 0.05) is 6.54 Å². The molecule has 0 atom stereocenters. The zero-order chi connectivity index (χ0) is 9.97. The van der Waals surface area contributed by atoms with Crippen molar-refractivity contribution in [2.24, 2.45) is 0 Å². The predicted octanol–water partition coefficient (Wildman–Crippen LogP) is 1.35. The van der Waals surface area contributed by atoms with Gasteiger partial charge < -0.3 is 10.3 Å². The van der Waals surface area contributed by atoms with Gasteiger partial charge in [-0.3, -0.25) is 4.79 Å². The number of benzene rings is 1. The van der Waals surface area contributed by atoms with Gasteiger partial charge in [0.05, 0.1) is 17.4 Å². The van der Waals surface area contributed by atoms with Crippen LogP contribution in [0, 0.1) is 0 Å². The highest BCUT2D eigenvalue weighted by Crippen LogP contribution is 2.17. The maximum Gasteiger partial charge on any atom is 0.266 e. The highest BCUT2D eigenvalue weighted by atomic mass is 16.1. The van der Waals surface area contributed by atoms with Crippen molar-refractivity contribution in [1.82, 2.24) is 9.97 Å². The summed E-state index contributed by atoms with van der Waals surface area (Å²) in [7, 11) is 0. The quantitative estimate of drug-likeness (QED) is 0.749. The maximum atomic E-state index is 11.0. The summed E-state index contributed by atoms with van der Waals surface area (Å²) in [5, 5.41) is 3.19. The molecule has 4 nitrogen and oxygen atoms in total. The molecule has 4 heteroatoms. The number of hydrogen-bond donors (Lipinski definition) is 2. The third-order valence-electron chi connectivity index (χ3n) is 1.97. The number of fused-ring (bicyclic) bond motifs is 1. The molecule has 0 aliphatic rings. The van der Waals surface area contributed by atoms with Crippen molar-refractivity contribution >= 4 is 16.7 Å². The average Bonchev–Trinajstić information content (AvgIpc) is 2.18. The van der Waals surface area contributed by atoms with Gasteiger partial charge in [-0.1, -0.05) is 6.07 Å². The summed E-state index contributed by atoms with van der Waals surface area (Å²) < 4.78 is 0. The second-order valence-corrected chi connectivity index (χ2v) is 2.98. The van der Waals surface area contributed by atoms with Crippen LogP contribution in [0.25, 0.3) is 11.0 Å². The van der Waals surface area contributed by atoms with Gasteiger partial charge in [-0.15, -0.1) is 0 Å². The molecule has 14 heavy (non-hydrogen) atoms. The summed E-state index contributed by atoms with van der Waals surface area (Å²) in [6.45, 7) is 2.85. The van der Waals surface area contributed by atoms with Crippen molar-refractivity contribution in [3.05, 3.63) is 34.7 Å². The molecule has 2 aromatic rings. The molecule has 0 bridgehead atoms. The molecular weight excluding hydrogens is 178 g/mol. The van der Waals surface area contributed by atoms with Crippen molar-refractivity contribution in [3.63, 3.8) is 0 Å². The first kappa shape index (κ1) is 8.74. The van der Waals surface area contributed by atoms with Gasteiger partial charge in [0.15, 0.2) is 0 Å². The standard InChI is InChI=1S/C10H11N3O/c1-2-11-7-4-3-5-8-10(7)12-6-9(14)13-8/h3-6,11H,2H2,1H3,(H,13,14). The molecule has 0 spiro atoms. The van der Waals surface area contributed by atoms with Crippen LogP contribution in [0.5, 0.6) is 0 Å². The number of rotatable bonds is 2. The van der Waals surface area contributed by atoms with E-state index in [4.69, 9.17) is 0 Å². The van der Waals surface area contributed by atoms with E-state index in [0.29, 0.717) is 0 Å². The highest BCUT2D eigenvalue weighted by molar-refractivity contribution is 5.87. The van der Waals surface area contributed by atoms with E-state index in [-0.39, 0.29) is 5.56 Å². The number of aromatic nitrogens is 2. The van der Waals surface area contributed by atoms with Crippen LogP contribution in [0.4, 0.5) is 5.69 Å². The summed E-state index contributed by atoms with van der Waals surface area (Å²) in [5.74, 6) is 0. The number of hydrogen-bond acceptors (Lipinski definition) is 3. The molecule has 1 heterocycles. The van der Waals surface area contributed by atoms with Crippen LogP contribution in [0.2, 0.25) is 0 Å². The van der Waals surface area contributed by atoms with E-state index in [1.165, 1.54) is 6.20 Å². The van der Waals surface area contributed by atoms with Crippen LogP contribution < -0.4 is 10.9 Å². The van der Waals surface area contributed by atoms with Gasteiger partial charge in [-0.2, -0.15) is 0 Å².